The van der Waals surface area contributed by atoms with E-state index in [0.29, 0.717) is 6.42 Å². The summed E-state index contributed by atoms with van der Waals surface area (Å²) >= 11 is 5.31. The molecular weight excluding hydrogens is 354 g/mol. The Labute approximate surface area is 170 Å². The summed E-state index contributed by atoms with van der Waals surface area (Å²) in [6, 6.07) is 6.04. The van der Waals surface area contributed by atoms with E-state index in [0.717, 1.165) is 30.4 Å². The number of hydrogen-bond donors (Lipinski definition) is 1. The van der Waals surface area contributed by atoms with Gasteiger partial charge in [0.1, 0.15) is 4.64 Å². The van der Waals surface area contributed by atoms with Gasteiger partial charge in [-0.1, -0.05) is 75.4 Å². The Morgan fingerprint density at radius 3 is 2.00 bits per heavy atom. The van der Waals surface area contributed by atoms with Crippen LogP contribution in [0.1, 0.15) is 89.9 Å². The largest absolute Gasteiger partial charge is 0.481 e. The molecular formula is C23H37NO2S. The molecule has 152 valence electrons. The lowest BCUT2D eigenvalue weighted by atomic mass is 10.1. The highest BCUT2D eigenvalue weighted by atomic mass is 32.1. The third kappa shape index (κ3) is 14.3. The van der Waals surface area contributed by atoms with E-state index in [1.165, 1.54) is 64.2 Å². The van der Waals surface area contributed by atoms with Crippen LogP contribution in [0.3, 0.4) is 0 Å². The van der Waals surface area contributed by atoms with Gasteiger partial charge in [0.2, 0.25) is 0 Å². The molecule has 1 N–H and O–H groups in total. The number of unbranched alkanes of at least 4 members (excludes halogenated alkanes) is 11. The standard InChI is InChI=1S/C23H37NO2S/c25-23(26)19-14-12-10-8-6-4-2-1-3-5-7-9-11-13-16-20-24-21-17-15-18-22(24)27/h1-2,15,17-18,21H,3-14,16,19-20H2,(H,25,26)/b2-1-. The predicted octanol–water partition coefficient (Wildman–Crippen LogP) is 7.32. The number of nitrogens with zero attached hydrogens (tertiary/aromatic N) is 1. The molecule has 0 bridgehead atoms. The molecule has 4 heteroatoms. The molecule has 0 unspecified atom stereocenters. The van der Waals surface area contributed by atoms with Crippen LogP contribution in [-0.4, -0.2) is 15.6 Å². The van der Waals surface area contributed by atoms with Crippen LogP contribution in [0.25, 0.3) is 0 Å². The number of pyridine rings is 1. The number of aryl methyl sites for hydroxylation is 1. The first kappa shape index (κ1) is 23.6. The molecule has 0 saturated carbocycles. The van der Waals surface area contributed by atoms with E-state index in [1.807, 2.05) is 18.2 Å². The molecule has 0 atom stereocenters. The highest BCUT2D eigenvalue weighted by molar-refractivity contribution is 7.71. The second kappa shape index (κ2) is 16.7. The molecule has 1 rings (SSSR count). The number of rotatable bonds is 17. The van der Waals surface area contributed by atoms with Gasteiger partial charge in [0.05, 0.1) is 0 Å². The van der Waals surface area contributed by atoms with Gasteiger partial charge < -0.3 is 9.67 Å². The Balaban J connectivity index is 1.81. The summed E-state index contributed by atoms with van der Waals surface area (Å²) in [5.74, 6) is -0.671. The average Bonchev–Trinajstić information content (AvgIpc) is 2.65. The van der Waals surface area contributed by atoms with Gasteiger partial charge in [-0.15, -0.1) is 0 Å². The van der Waals surface area contributed by atoms with Gasteiger partial charge in [0, 0.05) is 19.2 Å². The van der Waals surface area contributed by atoms with Crippen LogP contribution in [0.15, 0.2) is 36.5 Å². The summed E-state index contributed by atoms with van der Waals surface area (Å²) in [5, 5.41) is 8.57. The van der Waals surface area contributed by atoms with Gasteiger partial charge in [-0.2, -0.15) is 0 Å². The highest BCUT2D eigenvalue weighted by Gasteiger charge is 1.96. The zero-order chi connectivity index (χ0) is 19.6. The number of carbonyl (C=O) groups is 1. The quantitative estimate of drug-likeness (QED) is 0.172. The smallest absolute Gasteiger partial charge is 0.303 e. The maximum absolute atomic E-state index is 10.4. The molecule has 1 heterocycles. The first-order valence-electron chi connectivity index (χ1n) is 10.7. The highest BCUT2D eigenvalue weighted by Crippen LogP contribution is 2.10. The molecule has 0 aromatic carbocycles. The van der Waals surface area contributed by atoms with Crippen molar-refractivity contribution in [2.75, 3.05) is 0 Å². The van der Waals surface area contributed by atoms with Crippen molar-refractivity contribution < 1.29 is 9.90 Å². The van der Waals surface area contributed by atoms with Gasteiger partial charge in [0.15, 0.2) is 0 Å². The van der Waals surface area contributed by atoms with Crippen molar-refractivity contribution in [2.24, 2.45) is 0 Å². The molecule has 0 spiro atoms. The number of allylic oxidation sites excluding steroid dienone is 2. The summed E-state index contributed by atoms with van der Waals surface area (Å²) in [6.45, 7) is 1.04. The minimum absolute atomic E-state index is 0.321. The predicted molar refractivity (Wildman–Crippen MR) is 117 cm³/mol. The molecule has 0 aliphatic heterocycles. The third-order valence-corrected chi connectivity index (χ3v) is 5.22. The van der Waals surface area contributed by atoms with Gasteiger partial charge in [-0.05, 0) is 50.7 Å². The molecule has 0 radical (unpaired) electrons. The number of carboxylic acid groups (broad SMARTS) is 1. The minimum atomic E-state index is -0.671. The van der Waals surface area contributed by atoms with Crippen LogP contribution < -0.4 is 0 Å². The monoisotopic (exact) mass is 391 g/mol. The number of aliphatic carboxylic acids is 1. The molecule has 1 aromatic rings. The lowest BCUT2D eigenvalue weighted by Gasteiger charge is -2.06. The topological polar surface area (TPSA) is 42.2 Å². The zero-order valence-corrected chi connectivity index (χ0v) is 17.6. The Kier molecular flexibility index (Phi) is 14.6. The summed E-state index contributed by atoms with van der Waals surface area (Å²) in [5.41, 5.74) is 0. The van der Waals surface area contributed by atoms with E-state index in [9.17, 15) is 4.79 Å². The fraction of sp³-hybridized carbons (Fsp3) is 0.652. The number of hydrogen-bond acceptors (Lipinski definition) is 2. The number of carboxylic acids is 1. The van der Waals surface area contributed by atoms with E-state index < -0.39 is 5.97 Å². The van der Waals surface area contributed by atoms with E-state index in [1.54, 1.807) is 0 Å². The van der Waals surface area contributed by atoms with E-state index in [2.05, 4.69) is 22.9 Å². The first-order chi connectivity index (χ1) is 13.2. The molecule has 3 nitrogen and oxygen atoms in total. The van der Waals surface area contributed by atoms with Crippen molar-refractivity contribution in [2.45, 2.75) is 96.4 Å². The van der Waals surface area contributed by atoms with Crippen molar-refractivity contribution in [3.05, 3.63) is 41.2 Å². The first-order valence-corrected chi connectivity index (χ1v) is 11.1. The molecule has 0 fully saturated rings. The Bertz CT molecular complexity index is 580. The Morgan fingerprint density at radius 1 is 0.852 bits per heavy atom. The Morgan fingerprint density at radius 2 is 1.41 bits per heavy atom. The lowest BCUT2D eigenvalue weighted by molar-refractivity contribution is -0.137. The molecule has 0 amide bonds. The summed E-state index contributed by atoms with van der Waals surface area (Å²) < 4.78 is 3.10. The van der Waals surface area contributed by atoms with Crippen molar-refractivity contribution in [1.82, 2.24) is 4.57 Å². The molecule has 0 saturated heterocycles. The lowest BCUT2D eigenvalue weighted by Crippen LogP contribution is -1.98. The summed E-state index contributed by atoms with van der Waals surface area (Å²) in [4.78, 5) is 10.4. The van der Waals surface area contributed by atoms with Crippen LogP contribution >= 0.6 is 12.2 Å². The maximum Gasteiger partial charge on any atom is 0.303 e. The van der Waals surface area contributed by atoms with Gasteiger partial charge in [-0.25, -0.2) is 0 Å². The maximum atomic E-state index is 10.4. The molecule has 0 aliphatic rings. The minimum Gasteiger partial charge on any atom is -0.481 e. The van der Waals surface area contributed by atoms with Crippen molar-refractivity contribution in [3.8, 4) is 0 Å². The molecule has 27 heavy (non-hydrogen) atoms. The van der Waals surface area contributed by atoms with Crippen molar-refractivity contribution in [3.63, 3.8) is 0 Å². The van der Waals surface area contributed by atoms with Crippen LogP contribution in [0, 0.1) is 4.64 Å². The summed E-state index contributed by atoms with van der Waals surface area (Å²) in [6.07, 6.45) is 22.7. The molecule has 0 aliphatic carbocycles. The zero-order valence-electron chi connectivity index (χ0n) is 16.8. The molecule has 1 aromatic heterocycles. The second-order valence-corrected chi connectivity index (χ2v) is 7.73. The number of aromatic nitrogens is 1. The summed E-state index contributed by atoms with van der Waals surface area (Å²) in [7, 11) is 0. The fourth-order valence-corrected chi connectivity index (χ4v) is 3.43. The SMILES string of the molecule is O=C(O)CCCCCCC/C=C\CCCCCCCCn1ccccc1=S. The third-order valence-electron chi connectivity index (χ3n) is 4.85. The van der Waals surface area contributed by atoms with Crippen molar-refractivity contribution in [1.29, 1.82) is 0 Å². The van der Waals surface area contributed by atoms with Crippen LogP contribution in [0.5, 0.6) is 0 Å². The average molecular weight is 392 g/mol. The van der Waals surface area contributed by atoms with Crippen LogP contribution in [-0.2, 0) is 11.3 Å². The van der Waals surface area contributed by atoms with E-state index in [4.69, 9.17) is 17.3 Å². The normalized spacial score (nSPS) is 11.3. The van der Waals surface area contributed by atoms with Crippen LogP contribution in [0.2, 0.25) is 0 Å². The van der Waals surface area contributed by atoms with Crippen molar-refractivity contribution >= 4 is 18.2 Å². The van der Waals surface area contributed by atoms with Crippen LogP contribution in [0.4, 0.5) is 0 Å². The van der Waals surface area contributed by atoms with E-state index in [-0.39, 0.29) is 0 Å². The Hall–Kier alpha value is -1.42. The van der Waals surface area contributed by atoms with Gasteiger partial charge >= 0.3 is 5.97 Å². The second-order valence-electron chi connectivity index (χ2n) is 7.31. The fourth-order valence-electron chi connectivity index (χ4n) is 3.20. The van der Waals surface area contributed by atoms with Gasteiger partial charge in [0.25, 0.3) is 0 Å². The van der Waals surface area contributed by atoms with E-state index >= 15 is 0 Å². The van der Waals surface area contributed by atoms with Gasteiger partial charge in [-0.3, -0.25) is 4.79 Å².